The predicted octanol–water partition coefficient (Wildman–Crippen LogP) is 2.21. The van der Waals surface area contributed by atoms with Gasteiger partial charge in [0.2, 0.25) is 5.91 Å². The van der Waals surface area contributed by atoms with Crippen LogP contribution >= 0.6 is 0 Å². The van der Waals surface area contributed by atoms with Crippen LogP contribution in [-0.4, -0.2) is 18.5 Å². The lowest BCUT2D eigenvalue weighted by Gasteiger charge is -2.25. The maximum atomic E-state index is 13.4. The number of benzene rings is 1. The second-order valence-electron chi connectivity index (χ2n) is 5.76. The molecular weight excluding hydrogens is 262 g/mol. The van der Waals surface area contributed by atoms with Crippen molar-refractivity contribution in [2.24, 2.45) is 0 Å². The molecule has 1 saturated heterocycles. The molecule has 1 saturated carbocycles. The highest BCUT2D eigenvalue weighted by Crippen LogP contribution is 2.46. The van der Waals surface area contributed by atoms with E-state index in [0.29, 0.717) is 18.5 Å². The molecular formula is C15H18F2N2O. The molecule has 1 atom stereocenters. The fourth-order valence-electron chi connectivity index (χ4n) is 2.93. The molecule has 1 amide bonds. The summed E-state index contributed by atoms with van der Waals surface area (Å²) in [7, 11) is 0. The highest BCUT2D eigenvalue weighted by molar-refractivity contribution is 5.76. The van der Waals surface area contributed by atoms with E-state index in [0.717, 1.165) is 31.7 Å². The zero-order valence-electron chi connectivity index (χ0n) is 11.2. The monoisotopic (exact) mass is 280 g/mol. The predicted molar refractivity (Wildman–Crippen MR) is 71.1 cm³/mol. The van der Waals surface area contributed by atoms with Crippen LogP contribution < -0.4 is 10.6 Å². The van der Waals surface area contributed by atoms with Crippen LogP contribution in [0.1, 0.15) is 37.7 Å². The van der Waals surface area contributed by atoms with Gasteiger partial charge in [-0.2, -0.15) is 0 Å². The number of hydrogen-bond donors (Lipinski definition) is 2. The maximum Gasteiger partial charge on any atom is 0.220 e. The lowest BCUT2D eigenvalue weighted by atomic mass is 10.0. The summed E-state index contributed by atoms with van der Waals surface area (Å²) in [5, 5.41) is 6.35. The Labute approximate surface area is 116 Å². The first-order valence-electron chi connectivity index (χ1n) is 7.08. The zero-order valence-corrected chi connectivity index (χ0v) is 11.2. The molecule has 2 N–H and O–H groups in total. The minimum atomic E-state index is -0.536. The van der Waals surface area contributed by atoms with Crippen LogP contribution in [0.25, 0.3) is 0 Å². The van der Waals surface area contributed by atoms with Gasteiger partial charge < -0.3 is 10.6 Å². The number of rotatable bonds is 3. The van der Waals surface area contributed by atoms with Crippen LogP contribution in [0.3, 0.4) is 0 Å². The fourth-order valence-corrected chi connectivity index (χ4v) is 2.93. The van der Waals surface area contributed by atoms with Gasteiger partial charge >= 0.3 is 0 Å². The second-order valence-corrected chi connectivity index (χ2v) is 5.76. The van der Waals surface area contributed by atoms with Gasteiger partial charge in [-0.3, -0.25) is 4.79 Å². The molecule has 1 aromatic carbocycles. The molecule has 2 aliphatic rings. The molecule has 0 radical (unpaired) electrons. The Morgan fingerprint density at radius 2 is 1.85 bits per heavy atom. The lowest BCUT2D eigenvalue weighted by Crippen LogP contribution is -2.39. The molecule has 3 rings (SSSR count). The summed E-state index contributed by atoms with van der Waals surface area (Å²) in [4.78, 5) is 11.3. The number of nitrogens with one attached hydrogen (secondary N) is 2. The molecule has 1 aliphatic heterocycles. The molecule has 1 aromatic rings. The van der Waals surface area contributed by atoms with Crippen molar-refractivity contribution in [3.63, 3.8) is 0 Å². The van der Waals surface area contributed by atoms with Crippen molar-refractivity contribution in [3.05, 3.63) is 35.4 Å². The molecule has 2 fully saturated rings. The molecule has 1 aliphatic carbocycles. The number of carbonyl (C=O) groups excluding carboxylic acids is 1. The van der Waals surface area contributed by atoms with E-state index in [-0.39, 0.29) is 17.5 Å². The highest BCUT2D eigenvalue weighted by Gasteiger charge is 2.45. The molecule has 0 unspecified atom stereocenters. The smallest absolute Gasteiger partial charge is 0.220 e. The van der Waals surface area contributed by atoms with E-state index in [4.69, 9.17) is 0 Å². The van der Waals surface area contributed by atoms with Crippen molar-refractivity contribution in [1.29, 1.82) is 0 Å². The van der Waals surface area contributed by atoms with E-state index in [1.807, 2.05) is 0 Å². The summed E-state index contributed by atoms with van der Waals surface area (Å²) >= 11 is 0. The van der Waals surface area contributed by atoms with Crippen molar-refractivity contribution in [2.75, 3.05) is 6.54 Å². The van der Waals surface area contributed by atoms with Gasteiger partial charge in [0.15, 0.2) is 0 Å². The Morgan fingerprint density at radius 1 is 1.15 bits per heavy atom. The topological polar surface area (TPSA) is 41.1 Å². The molecule has 0 spiro atoms. The normalized spacial score (nSPS) is 24.9. The summed E-state index contributed by atoms with van der Waals surface area (Å²) in [6, 6.07) is 3.92. The number of amides is 1. The van der Waals surface area contributed by atoms with Gasteiger partial charge in [-0.25, -0.2) is 8.78 Å². The molecule has 5 heteroatoms. The minimum Gasteiger partial charge on any atom is -0.356 e. The van der Waals surface area contributed by atoms with E-state index in [9.17, 15) is 13.6 Å². The van der Waals surface area contributed by atoms with Crippen LogP contribution in [0.15, 0.2) is 18.2 Å². The van der Waals surface area contributed by atoms with Gasteiger partial charge in [0.25, 0.3) is 0 Å². The first-order chi connectivity index (χ1) is 9.57. The quantitative estimate of drug-likeness (QED) is 0.891. The number of halogens is 2. The molecule has 0 aromatic heterocycles. The second kappa shape index (κ2) is 5.13. The van der Waals surface area contributed by atoms with Gasteiger partial charge in [-0.1, -0.05) is 0 Å². The van der Waals surface area contributed by atoms with Crippen molar-refractivity contribution in [1.82, 2.24) is 10.6 Å². The van der Waals surface area contributed by atoms with Crippen LogP contribution in [0.5, 0.6) is 0 Å². The lowest BCUT2D eigenvalue weighted by molar-refractivity contribution is -0.120. The zero-order chi connectivity index (χ0) is 14.2. The average molecular weight is 280 g/mol. The van der Waals surface area contributed by atoms with Crippen molar-refractivity contribution >= 4 is 5.91 Å². The number of hydrogen-bond acceptors (Lipinski definition) is 2. The van der Waals surface area contributed by atoms with Crippen LogP contribution in [0, 0.1) is 11.6 Å². The standard InChI is InChI=1S/C15H18F2N2O/c16-11-7-10(8-12(17)9-11)15(4-5-15)19-13-1-2-14(20)18-6-3-13/h7-9,13,19H,1-6H2,(H,18,20)/t13-/m1/s1. The van der Waals surface area contributed by atoms with E-state index in [1.165, 1.54) is 12.1 Å². The van der Waals surface area contributed by atoms with Gasteiger partial charge in [-0.15, -0.1) is 0 Å². The Kier molecular flexibility index (Phi) is 3.46. The summed E-state index contributed by atoms with van der Waals surface area (Å²) < 4.78 is 26.7. The minimum absolute atomic E-state index is 0.0796. The van der Waals surface area contributed by atoms with Gasteiger partial charge in [0, 0.05) is 30.6 Å². The average Bonchev–Trinajstić information content (AvgIpc) is 3.17. The van der Waals surface area contributed by atoms with Crippen molar-refractivity contribution < 1.29 is 13.6 Å². The third-order valence-electron chi connectivity index (χ3n) is 4.18. The van der Waals surface area contributed by atoms with Crippen LogP contribution in [0.4, 0.5) is 8.78 Å². The van der Waals surface area contributed by atoms with Gasteiger partial charge in [0.05, 0.1) is 0 Å². The largest absolute Gasteiger partial charge is 0.356 e. The Balaban J connectivity index is 1.74. The third-order valence-corrected chi connectivity index (χ3v) is 4.18. The summed E-state index contributed by atoms with van der Waals surface area (Å²) in [6.07, 6.45) is 3.89. The highest BCUT2D eigenvalue weighted by atomic mass is 19.1. The number of carbonyl (C=O) groups is 1. The first kappa shape index (κ1) is 13.5. The Bertz CT molecular complexity index is 508. The summed E-state index contributed by atoms with van der Waals surface area (Å²) in [5.41, 5.74) is 0.375. The van der Waals surface area contributed by atoms with E-state index >= 15 is 0 Å². The molecule has 3 nitrogen and oxygen atoms in total. The Hall–Kier alpha value is -1.49. The Morgan fingerprint density at radius 3 is 2.50 bits per heavy atom. The first-order valence-corrected chi connectivity index (χ1v) is 7.08. The fraction of sp³-hybridized carbons (Fsp3) is 0.533. The maximum absolute atomic E-state index is 13.4. The van der Waals surface area contributed by atoms with E-state index in [1.54, 1.807) is 0 Å². The molecule has 0 bridgehead atoms. The SMILES string of the molecule is O=C1CC[C@@H](NC2(c3cc(F)cc(F)c3)CC2)CCN1. The summed E-state index contributed by atoms with van der Waals surface area (Å²) in [5.74, 6) is -0.993. The van der Waals surface area contributed by atoms with Crippen molar-refractivity contribution in [2.45, 2.75) is 43.7 Å². The van der Waals surface area contributed by atoms with Crippen LogP contribution in [-0.2, 0) is 10.3 Å². The summed E-state index contributed by atoms with van der Waals surface area (Å²) in [6.45, 7) is 0.657. The van der Waals surface area contributed by atoms with E-state index < -0.39 is 11.6 Å². The van der Waals surface area contributed by atoms with Gasteiger partial charge in [-0.05, 0) is 43.4 Å². The third kappa shape index (κ3) is 2.82. The van der Waals surface area contributed by atoms with Crippen LogP contribution in [0.2, 0.25) is 0 Å². The van der Waals surface area contributed by atoms with Gasteiger partial charge in [0.1, 0.15) is 11.6 Å². The van der Waals surface area contributed by atoms with E-state index in [2.05, 4.69) is 10.6 Å². The molecule has 108 valence electrons. The van der Waals surface area contributed by atoms with Crippen molar-refractivity contribution in [3.8, 4) is 0 Å². The molecule has 20 heavy (non-hydrogen) atoms. The molecule has 1 heterocycles.